The van der Waals surface area contributed by atoms with E-state index in [-0.39, 0.29) is 0 Å². The molecule has 0 radical (unpaired) electrons. The fourth-order valence-corrected chi connectivity index (χ4v) is 0.986. The summed E-state index contributed by atoms with van der Waals surface area (Å²) in [7, 11) is 0. The number of aromatic hydroxyl groups is 1. The first-order valence-corrected chi connectivity index (χ1v) is 3.57. The average molecular weight is 228 g/mol. The van der Waals surface area contributed by atoms with Gasteiger partial charge in [0.15, 0.2) is 5.69 Å². The van der Waals surface area contributed by atoms with Gasteiger partial charge in [0.25, 0.3) is 6.43 Å². The predicted molar refractivity (Wildman–Crippen MR) is 40.3 cm³/mol. The van der Waals surface area contributed by atoms with Gasteiger partial charge in [-0.3, -0.25) is 0 Å². The van der Waals surface area contributed by atoms with Crippen LogP contribution in [0.15, 0.2) is 6.20 Å². The van der Waals surface area contributed by atoms with E-state index >= 15 is 0 Å². The summed E-state index contributed by atoms with van der Waals surface area (Å²) in [6, 6.07) is 0. The van der Waals surface area contributed by atoms with Gasteiger partial charge in [-0.15, -0.1) is 0 Å². The van der Waals surface area contributed by atoms with Gasteiger partial charge in [-0.1, -0.05) is 0 Å². The van der Waals surface area contributed by atoms with Crippen molar-refractivity contribution in [2.75, 3.05) is 5.73 Å². The van der Waals surface area contributed by atoms with Gasteiger partial charge in [-0.2, -0.15) is 13.2 Å². The second-order valence-electron chi connectivity index (χ2n) is 2.62. The molecule has 8 heteroatoms. The normalized spacial score (nSPS) is 12.1. The maximum absolute atomic E-state index is 12.2. The highest BCUT2D eigenvalue weighted by molar-refractivity contribution is 5.57. The molecule has 84 valence electrons. The molecule has 1 heterocycles. The van der Waals surface area contributed by atoms with Crippen molar-refractivity contribution in [2.24, 2.45) is 0 Å². The molecule has 0 saturated heterocycles. The van der Waals surface area contributed by atoms with Crippen molar-refractivity contribution in [3.63, 3.8) is 0 Å². The van der Waals surface area contributed by atoms with Gasteiger partial charge in [0.2, 0.25) is 0 Å². The Morgan fingerprint density at radius 1 is 1.33 bits per heavy atom. The molecular weight excluding hydrogens is 223 g/mol. The van der Waals surface area contributed by atoms with Crippen molar-refractivity contribution >= 4 is 5.69 Å². The van der Waals surface area contributed by atoms with Crippen LogP contribution >= 0.6 is 0 Å². The van der Waals surface area contributed by atoms with Crippen LogP contribution in [-0.2, 0) is 6.18 Å². The van der Waals surface area contributed by atoms with E-state index in [1.54, 1.807) is 0 Å². The third-order valence-electron chi connectivity index (χ3n) is 1.62. The lowest BCUT2D eigenvalue weighted by molar-refractivity contribution is -0.140. The Hall–Kier alpha value is -1.60. The van der Waals surface area contributed by atoms with Gasteiger partial charge in [-0.05, 0) is 0 Å². The number of hydrogen-bond donors (Lipinski definition) is 2. The number of rotatable bonds is 1. The van der Waals surface area contributed by atoms with Crippen molar-refractivity contribution in [1.29, 1.82) is 0 Å². The summed E-state index contributed by atoms with van der Waals surface area (Å²) in [6.07, 6.45) is -7.93. The van der Waals surface area contributed by atoms with Crippen molar-refractivity contribution in [3.8, 4) is 5.75 Å². The van der Waals surface area contributed by atoms with Crippen molar-refractivity contribution in [2.45, 2.75) is 12.6 Å². The minimum Gasteiger partial charge on any atom is -0.506 e. The molecule has 0 unspecified atom stereocenters. The molecule has 1 aromatic rings. The second kappa shape index (κ2) is 3.52. The molecular formula is C7H5F5N2O. The summed E-state index contributed by atoms with van der Waals surface area (Å²) in [5.74, 6) is -1.06. The van der Waals surface area contributed by atoms with Crippen molar-refractivity contribution in [3.05, 3.63) is 17.5 Å². The smallest absolute Gasteiger partial charge is 0.435 e. The first-order valence-electron chi connectivity index (χ1n) is 3.57. The quantitative estimate of drug-likeness (QED) is 0.725. The number of halogens is 5. The number of nitrogens with zero attached hydrogens (tertiary/aromatic N) is 1. The molecule has 3 nitrogen and oxygen atoms in total. The number of hydrogen-bond acceptors (Lipinski definition) is 3. The Labute approximate surface area is 80.3 Å². The average Bonchev–Trinajstić information content (AvgIpc) is 2.00. The molecule has 1 aromatic heterocycles. The third-order valence-corrected chi connectivity index (χ3v) is 1.62. The van der Waals surface area contributed by atoms with Crippen LogP contribution in [0.3, 0.4) is 0 Å². The molecule has 0 saturated carbocycles. The first kappa shape index (κ1) is 11.5. The number of alkyl halides is 5. The van der Waals surface area contributed by atoms with Crippen molar-refractivity contribution < 1.29 is 27.1 Å². The van der Waals surface area contributed by atoms with Gasteiger partial charge in [0.1, 0.15) is 5.75 Å². The molecule has 0 aliphatic carbocycles. The maximum atomic E-state index is 12.2. The summed E-state index contributed by atoms with van der Waals surface area (Å²) in [5, 5.41) is 8.86. The zero-order chi connectivity index (χ0) is 11.8. The molecule has 0 fully saturated rings. The molecule has 0 aromatic carbocycles. The fourth-order valence-electron chi connectivity index (χ4n) is 0.986. The van der Waals surface area contributed by atoms with E-state index in [4.69, 9.17) is 10.8 Å². The van der Waals surface area contributed by atoms with Crippen LogP contribution < -0.4 is 5.73 Å². The van der Waals surface area contributed by atoms with E-state index in [0.29, 0.717) is 6.20 Å². The highest BCUT2D eigenvalue weighted by Crippen LogP contribution is 2.40. The fraction of sp³-hybridized carbons (Fsp3) is 0.286. The Morgan fingerprint density at radius 2 is 1.87 bits per heavy atom. The van der Waals surface area contributed by atoms with Crippen LogP contribution in [0.5, 0.6) is 5.75 Å². The number of nitrogens with two attached hydrogens (primary N) is 1. The standard InChI is InChI=1S/C7H5F5N2O/c8-6(9)3-2(15)1-14-5(4(3)13)7(10,11)12/h1,6,15H,13H2. The Bertz CT molecular complexity index is 376. The van der Waals surface area contributed by atoms with Gasteiger partial charge < -0.3 is 10.8 Å². The van der Waals surface area contributed by atoms with Crippen LogP contribution in [0.4, 0.5) is 27.6 Å². The SMILES string of the molecule is Nc1c(C(F)(F)F)ncc(O)c1C(F)F. The zero-order valence-corrected chi connectivity index (χ0v) is 7.02. The molecule has 0 spiro atoms. The Balaban J connectivity index is 3.42. The Kier molecular flexibility index (Phi) is 2.69. The molecule has 0 aliphatic rings. The van der Waals surface area contributed by atoms with Gasteiger partial charge in [0, 0.05) is 0 Å². The summed E-state index contributed by atoms with van der Waals surface area (Å²) >= 11 is 0. The van der Waals surface area contributed by atoms with Crippen LogP contribution in [0.25, 0.3) is 0 Å². The highest BCUT2D eigenvalue weighted by Gasteiger charge is 2.37. The van der Waals surface area contributed by atoms with E-state index in [0.717, 1.165) is 0 Å². The van der Waals surface area contributed by atoms with E-state index in [9.17, 15) is 22.0 Å². The molecule has 0 amide bonds. The summed E-state index contributed by atoms with van der Waals surface area (Å²) in [4.78, 5) is 2.76. The second-order valence-corrected chi connectivity index (χ2v) is 2.62. The number of aromatic nitrogens is 1. The number of pyridine rings is 1. The first-order chi connectivity index (χ1) is 6.75. The molecule has 0 aliphatic heterocycles. The minimum absolute atomic E-state index is 0.292. The lowest BCUT2D eigenvalue weighted by Crippen LogP contribution is -2.13. The van der Waals surface area contributed by atoms with Crippen molar-refractivity contribution in [1.82, 2.24) is 4.98 Å². The van der Waals surface area contributed by atoms with Crippen LogP contribution in [0.1, 0.15) is 17.7 Å². The van der Waals surface area contributed by atoms with Gasteiger partial charge in [0.05, 0.1) is 17.4 Å². The number of anilines is 1. The predicted octanol–water partition coefficient (Wildman–Crippen LogP) is 2.33. The third kappa shape index (κ3) is 2.08. The van der Waals surface area contributed by atoms with Gasteiger partial charge in [-0.25, -0.2) is 13.8 Å². The topological polar surface area (TPSA) is 59.1 Å². The molecule has 1 rings (SSSR count). The largest absolute Gasteiger partial charge is 0.506 e. The maximum Gasteiger partial charge on any atom is 0.435 e. The highest BCUT2D eigenvalue weighted by atomic mass is 19.4. The van der Waals surface area contributed by atoms with E-state index in [2.05, 4.69) is 4.98 Å². The van der Waals surface area contributed by atoms with E-state index in [1.807, 2.05) is 0 Å². The van der Waals surface area contributed by atoms with Gasteiger partial charge >= 0.3 is 6.18 Å². The number of nitrogen functional groups attached to an aromatic ring is 1. The molecule has 3 N–H and O–H groups in total. The molecule has 15 heavy (non-hydrogen) atoms. The van der Waals surface area contributed by atoms with E-state index in [1.165, 1.54) is 0 Å². The monoisotopic (exact) mass is 228 g/mol. The summed E-state index contributed by atoms with van der Waals surface area (Å²) in [5.41, 5.74) is 0.715. The summed E-state index contributed by atoms with van der Waals surface area (Å²) in [6.45, 7) is 0. The van der Waals surface area contributed by atoms with Crippen LogP contribution in [0, 0.1) is 0 Å². The molecule has 0 atom stereocenters. The zero-order valence-electron chi connectivity index (χ0n) is 7.02. The Morgan fingerprint density at radius 3 is 2.27 bits per heavy atom. The van der Waals surface area contributed by atoms with Crippen LogP contribution in [0.2, 0.25) is 0 Å². The summed E-state index contributed by atoms with van der Waals surface area (Å²) < 4.78 is 60.9. The van der Waals surface area contributed by atoms with Crippen LogP contribution in [-0.4, -0.2) is 10.1 Å². The lowest BCUT2D eigenvalue weighted by atomic mass is 10.1. The van der Waals surface area contributed by atoms with E-state index < -0.39 is 35.3 Å². The minimum atomic E-state index is -4.93. The lowest BCUT2D eigenvalue weighted by Gasteiger charge is -2.12. The molecule has 0 bridgehead atoms.